The van der Waals surface area contributed by atoms with E-state index in [0.717, 1.165) is 25.1 Å². The Morgan fingerprint density at radius 2 is 2.30 bits per heavy atom. The normalized spacial score (nSPS) is 18.2. The van der Waals surface area contributed by atoms with Gasteiger partial charge in [0, 0.05) is 30.9 Å². The monoisotopic (exact) mass is 333 g/mol. The summed E-state index contributed by atoms with van der Waals surface area (Å²) in [5.41, 5.74) is 1.28. The number of amides is 1. The standard InChI is InChI=1S/C17H20ClN3O2/c1-2-23-15-7-4-9-20(12-15)17(22)16-8-10-21(19-16)14-6-3-5-13(18)11-14/h3,5-6,8,10-11,15H,2,4,7,9,12H2,1H3. The molecule has 122 valence electrons. The van der Waals surface area contributed by atoms with Crippen molar-refractivity contribution in [1.82, 2.24) is 14.7 Å². The van der Waals surface area contributed by atoms with Gasteiger partial charge in [0.25, 0.3) is 5.91 Å². The quantitative estimate of drug-likeness (QED) is 0.863. The number of hydrogen-bond donors (Lipinski definition) is 0. The molecule has 1 saturated heterocycles. The van der Waals surface area contributed by atoms with Crippen LogP contribution in [0.3, 0.4) is 0 Å². The van der Waals surface area contributed by atoms with Crippen molar-refractivity contribution in [1.29, 1.82) is 0 Å². The van der Waals surface area contributed by atoms with Crippen LogP contribution in [-0.2, 0) is 4.74 Å². The minimum absolute atomic E-state index is 0.0461. The van der Waals surface area contributed by atoms with Gasteiger partial charge in [-0.05, 0) is 44.0 Å². The summed E-state index contributed by atoms with van der Waals surface area (Å²) in [5.74, 6) is -0.0461. The molecule has 0 bridgehead atoms. The molecule has 1 aromatic carbocycles. The maximum atomic E-state index is 12.6. The Morgan fingerprint density at radius 1 is 1.43 bits per heavy atom. The van der Waals surface area contributed by atoms with Crippen LogP contribution >= 0.6 is 11.6 Å². The molecule has 0 N–H and O–H groups in total. The first-order chi connectivity index (χ1) is 11.2. The van der Waals surface area contributed by atoms with Crippen LogP contribution in [0.15, 0.2) is 36.5 Å². The summed E-state index contributed by atoms with van der Waals surface area (Å²) in [6.45, 7) is 4.05. The Labute approximate surface area is 140 Å². The topological polar surface area (TPSA) is 47.4 Å². The molecule has 5 nitrogen and oxygen atoms in total. The fourth-order valence-corrected chi connectivity index (χ4v) is 3.04. The van der Waals surface area contributed by atoms with E-state index >= 15 is 0 Å². The van der Waals surface area contributed by atoms with Gasteiger partial charge in [0.05, 0.1) is 11.8 Å². The van der Waals surface area contributed by atoms with Crippen LogP contribution in [0.25, 0.3) is 5.69 Å². The molecule has 1 aliphatic heterocycles. The third-order valence-electron chi connectivity index (χ3n) is 3.95. The van der Waals surface area contributed by atoms with E-state index in [4.69, 9.17) is 16.3 Å². The van der Waals surface area contributed by atoms with E-state index in [1.807, 2.05) is 36.1 Å². The predicted molar refractivity (Wildman–Crippen MR) is 89.1 cm³/mol. The van der Waals surface area contributed by atoms with E-state index in [0.29, 0.717) is 23.9 Å². The number of carbonyl (C=O) groups is 1. The van der Waals surface area contributed by atoms with Crippen molar-refractivity contribution in [2.45, 2.75) is 25.9 Å². The van der Waals surface area contributed by atoms with Crippen LogP contribution in [0.5, 0.6) is 0 Å². The number of rotatable bonds is 4. The molecule has 0 saturated carbocycles. The molecule has 6 heteroatoms. The minimum Gasteiger partial charge on any atom is -0.377 e. The Hall–Kier alpha value is -1.85. The van der Waals surface area contributed by atoms with Crippen molar-refractivity contribution in [3.63, 3.8) is 0 Å². The Bertz CT molecular complexity index is 684. The second-order valence-corrected chi connectivity index (χ2v) is 6.03. The molecule has 1 aromatic heterocycles. The smallest absolute Gasteiger partial charge is 0.274 e. The third-order valence-corrected chi connectivity index (χ3v) is 4.18. The van der Waals surface area contributed by atoms with Gasteiger partial charge in [-0.15, -0.1) is 0 Å². The number of carbonyl (C=O) groups excluding carboxylic acids is 1. The van der Waals surface area contributed by atoms with E-state index in [1.165, 1.54) is 0 Å². The summed E-state index contributed by atoms with van der Waals surface area (Å²) < 4.78 is 7.32. The largest absolute Gasteiger partial charge is 0.377 e. The van der Waals surface area contributed by atoms with Crippen LogP contribution in [0.1, 0.15) is 30.3 Å². The van der Waals surface area contributed by atoms with Crippen LogP contribution < -0.4 is 0 Å². The summed E-state index contributed by atoms with van der Waals surface area (Å²) in [6, 6.07) is 9.13. The Balaban J connectivity index is 1.73. The van der Waals surface area contributed by atoms with Gasteiger partial charge in [-0.1, -0.05) is 17.7 Å². The van der Waals surface area contributed by atoms with Gasteiger partial charge in [0.15, 0.2) is 5.69 Å². The summed E-state index contributed by atoms with van der Waals surface area (Å²) in [4.78, 5) is 14.5. The van der Waals surface area contributed by atoms with Crippen molar-refractivity contribution in [3.8, 4) is 5.69 Å². The molecule has 2 aromatic rings. The van der Waals surface area contributed by atoms with Crippen LogP contribution in [0.4, 0.5) is 0 Å². The van der Waals surface area contributed by atoms with Crippen LogP contribution in [-0.4, -0.2) is 46.4 Å². The number of ether oxygens (including phenoxy) is 1. The molecule has 1 atom stereocenters. The SMILES string of the molecule is CCOC1CCCN(C(=O)c2ccn(-c3cccc(Cl)c3)n2)C1. The second kappa shape index (κ2) is 7.15. The van der Waals surface area contributed by atoms with E-state index in [-0.39, 0.29) is 12.0 Å². The summed E-state index contributed by atoms with van der Waals surface area (Å²) in [7, 11) is 0. The highest BCUT2D eigenvalue weighted by atomic mass is 35.5. The molecule has 0 radical (unpaired) electrons. The van der Waals surface area contributed by atoms with Gasteiger partial charge >= 0.3 is 0 Å². The molecular weight excluding hydrogens is 314 g/mol. The lowest BCUT2D eigenvalue weighted by molar-refractivity contribution is 0.00702. The summed E-state index contributed by atoms with van der Waals surface area (Å²) in [5, 5.41) is 5.03. The van der Waals surface area contributed by atoms with Crippen molar-refractivity contribution >= 4 is 17.5 Å². The molecule has 1 amide bonds. The maximum Gasteiger partial charge on any atom is 0.274 e. The van der Waals surface area contributed by atoms with Crippen LogP contribution in [0.2, 0.25) is 5.02 Å². The van der Waals surface area contributed by atoms with Gasteiger partial charge in [0.1, 0.15) is 0 Å². The average molecular weight is 334 g/mol. The van der Waals surface area contributed by atoms with Crippen molar-refractivity contribution in [2.24, 2.45) is 0 Å². The number of benzene rings is 1. The zero-order valence-electron chi connectivity index (χ0n) is 13.1. The molecule has 23 heavy (non-hydrogen) atoms. The Morgan fingerprint density at radius 3 is 3.09 bits per heavy atom. The first-order valence-electron chi connectivity index (χ1n) is 7.90. The number of piperidine rings is 1. The van der Waals surface area contributed by atoms with Gasteiger partial charge in [-0.25, -0.2) is 4.68 Å². The van der Waals surface area contributed by atoms with E-state index in [1.54, 1.807) is 16.9 Å². The lowest BCUT2D eigenvalue weighted by Gasteiger charge is -2.32. The number of hydrogen-bond acceptors (Lipinski definition) is 3. The number of halogens is 1. The van der Waals surface area contributed by atoms with Gasteiger partial charge in [0.2, 0.25) is 0 Å². The fraction of sp³-hybridized carbons (Fsp3) is 0.412. The molecule has 1 unspecified atom stereocenters. The molecule has 1 fully saturated rings. The lowest BCUT2D eigenvalue weighted by Crippen LogP contribution is -2.43. The molecule has 3 rings (SSSR count). The average Bonchev–Trinajstić information content (AvgIpc) is 3.05. The molecule has 2 heterocycles. The van der Waals surface area contributed by atoms with E-state index in [9.17, 15) is 4.79 Å². The Kier molecular flexibility index (Phi) is 4.98. The van der Waals surface area contributed by atoms with Gasteiger partial charge in [-0.2, -0.15) is 5.10 Å². The number of nitrogens with zero attached hydrogens (tertiary/aromatic N) is 3. The maximum absolute atomic E-state index is 12.6. The number of aromatic nitrogens is 2. The number of likely N-dealkylation sites (tertiary alicyclic amines) is 1. The van der Waals surface area contributed by atoms with E-state index < -0.39 is 0 Å². The van der Waals surface area contributed by atoms with Crippen molar-refractivity contribution in [3.05, 3.63) is 47.2 Å². The fourth-order valence-electron chi connectivity index (χ4n) is 2.86. The van der Waals surface area contributed by atoms with E-state index in [2.05, 4.69) is 5.10 Å². The zero-order chi connectivity index (χ0) is 16.2. The third kappa shape index (κ3) is 3.74. The predicted octanol–water partition coefficient (Wildman–Crippen LogP) is 3.17. The molecule has 1 aliphatic rings. The lowest BCUT2D eigenvalue weighted by atomic mass is 10.1. The van der Waals surface area contributed by atoms with Crippen molar-refractivity contribution < 1.29 is 9.53 Å². The molecule has 0 spiro atoms. The van der Waals surface area contributed by atoms with Crippen molar-refractivity contribution in [2.75, 3.05) is 19.7 Å². The highest BCUT2D eigenvalue weighted by Gasteiger charge is 2.26. The minimum atomic E-state index is -0.0461. The van der Waals surface area contributed by atoms with Crippen LogP contribution in [0, 0.1) is 0 Å². The molecular formula is C17H20ClN3O2. The summed E-state index contributed by atoms with van der Waals surface area (Å²) >= 11 is 6.00. The summed E-state index contributed by atoms with van der Waals surface area (Å²) in [6.07, 6.45) is 3.88. The van der Waals surface area contributed by atoms with Gasteiger partial charge in [-0.3, -0.25) is 4.79 Å². The molecule has 0 aliphatic carbocycles. The van der Waals surface area contributed by atoms with Gasteiger partial charge < -0.3 is 9.64 Å². The highest BCUT2D eigenvalue weighted by molar-refractivity contribution is 6.30. The second-order valence-electron chi connectivity index (χ2n) is 5.60. The first kappa shape index (κ1) is 16.0. The first-order valence-corrected chi connectivity index (χ1v) is 8.27. The highest BCUT2D eigenvalue weighted by Crippen LogP contribution is 2.17. The zero-order valence-corrected chi connectivity index (χ0v) is 13.9.